The molecule has 5 aromatic rings. The Bertz CT molecular complexity index is 1720. The Kier molecular flexibility index (Phi) is 4.78. The number of hydrogen-bond acceptors (Lipinski definition) is 6. The van der Waals surface area contributed by atoms with Gasteiger partial charge in [0.15, 0.2) is 5.82 Å². The Morgan fingerprint density at radius 2 is 1.89 bits per heavy atom. The number of rotatable bonds is 4. The normalized spacial score (nSPS) is 17.9. The number of benzene rings is 2. The van der Waals surface area contributed by atoms with Crippen molar-refractivity contribution >= 4 is 11.0 Å². The van der Waals surface area contributed by atoms with E-state index in [1.807, 2.05) is 31.2 Å². The predicted molar refractivity (Wildman–Crippen MR) is 136 cm³/mol. The summed E-state index contributed by atoms with van der Waals surface area (Å²) in [5.41, 5.74) is 5.42. The molecular weight excluding hydrogens is 490 g/mol. The van der Waals surface area contributed by atoms with E-state index in [-0.39, 0.29) is 17.7 Å². The van der Waals surface area contributed by atoms with Crippen LogP contribution in [-0.4, -0.2) is 41.2 Å². The number of fused-ring (bicyclic) bond motifs is 6. The van der Waals surface area contributed by atoms with Gasteiger partial charge in [-0.1, -0.05) is 18.2 Å². The van der Waals surface area contributed by atoms with Gasteiger partial charge < -0.3 is 19.4 Å². The van der Waals surface area contributed by atoms with Gasteiger partial charge in [0.25, 0.3) is 0 Å². The summed E-state index contributed by atoms with van der Waals surface area (Å²) < 4.78 is 34.1. The molecule has 2 N–H and O–H groups in total. The van der Waals surface area contributed by atoms with Crippen LogP contribution >= 0.6 is 0 Å². The van der Waals surface area contributed by atoms with E-state index in [2.05, 4.69) is 19.5 Å². The molecule has 2 bridgehead atoms. The van der Waals surface area contributed by atoms with Crippen LogP contribution in [0.3, 0.4) is 0 Å². The van der Waals surface area contributed by atoms with Crippen molar-refractivity contribution in [1.29, 1.82) is 0 Å². The quantitative estimate of drug-likeness (QED) is 0.330. The highest BCUT2D eigenvalue weighted by Crippen LogP contribution is 2.54. The maximum atomic E-state index is 13.5. The molecule has 0 aliphatic carbocycles. The van der Waals surface area contributed by atoms with E-state index in [1.165, 1.54) is 0 Å². The van der Waals surface area contributed by atoms with E-state index in [1.54, 1.807) is 38.4 Å². The summed E-state index contributed by atoms with van der Waals surface area (Å²) >= 11 is 0. The molecule has 38 heavy (non-hydrogen) atoms. The summed E-state index contributed by atoms with van der Waals surface area (Å²) in [6, 6.07) is 10.9. The molecule has 0 spiro atoms. The number of halogens is 2. The first-order valence-corrected chi connectivity index (χ1v) is 12.4. The molecule has 3 aromatic heterocycles. The fourth-order valence-corrected chi connectivity index (χ4v) is 5.84. The summed E-state index contributed by atoms with van der Waals surface area (Å²) in [5.74, 6) is 2.00. The first kappa shape index (κ1) is 23.0. The second-order valence-corrected chi connectivity index (χ2v) is 10.4. The molecule has 10 heteroatoms. The Hall–Kier alpha value is -4.18. The largest absolute Gasteiger partial charge is 0.434 e. The molecular formula is C28H24F2N6O2. The van der Waals surface area contributed by atoms with Crippen LogP contribution in [0.2, 0.25) is 0 Å². The monoisotopic (exact) mass is 514 g/mol. The third-order valence-corrected chi connectivity index (χ3v) is 7.40. The third-order valence-electron chi connectivity index (χ3n) is 7.40. The summed E-state index contributed by atoms with van der Waals surface area (Å²) in [6.45, 7) is 2.23. The number of aromatic nitrogens is 6. The fourth-order valence-electron chi connectivity index (χ4n) is 5.84. The SMILES string of the molecule is Cc1nc2c([nH]1)-c1cccc(OC(F)F)c1[C@H]1C[C@@H]2c2nc3ccc(-c4cnc(C(C)(C)O)nc4)cc3n21. The highest BCUT2D eigenvalue weighted by Gasteiger charge is 2.44. The molecule has 0 saturated carbocycles. The maximum Gasteiger partial charge on any atom is 0.387 e. The van der Waals surface area contributed by atoms with Gasteiger partial charge in [-0.05, 0) is 51.0 Å². The van der Waals surface area contributed by atoms with E-state index in [4.69, 9.17) is 14.7 Å². The van der Waals surface area contributed by atoms with E-state index < -0.39 is 12.2 Å². The number of H-pyrrole nitrogens is 1. The van der Waals surface area contributed by atoms with Gasteiger partial charge in [-0.2, -0.15) is 8.78 Å². The standard InChI is InChI=1S/C28H24F2N6O2/c1-13-33-23-16-5-4-6-21(38-27(29)30)22(16)20-10-17(24(23)34-13)25-35-18-8-7-14(9-19(18)36(20)25)15-11-31-26(32-12-15)28(2,3)37/h4-9,11-12,17,20,27,37H,10H2,1-3H3,(H,33,34)/t17-,20+/m0/s1. The Morgan fingerprint density at radius 3 is 2.63 bits per heavy atom. The molecule has 192 valence electrons. The molecule has 2 aromatic carbocycles. The lowest BCUT2D eigenvalue weighted by Crippen LogP contribution is -2.19. The van der Waals surface area contributed by atoms with Crippen molar-refractivity contribution in [3.8, 4) is 28.1 Å². The summed E-state index contributed by atoms with van der Waals surface area (Å²) in [4.78, 5) is 21.8. The average Bonchev–Trinajstić information content (AvgIpc) is 3.52. The predicted octanol–water partition coefficient (Wildman–Crippen LogP) is 5.46. The summed E-state index contributed by atoms with van der Waals surface area (Å²) in [7, 11) is 0. The van der Waals surface area contributed by atoms with E-state index in [0.29, 0.717) is 17.8 Å². The van der Waals surface area contributed by atoms with Crippen molar-refractivity contribution < 1.29 is 18.6 Å². The number of aryl methyl sites for hydroxylation is 1. The number of aliphatic hydroxyl groups is 1. The Labute approximate surface area is 216 Å². The van der Waals surface area contributed by atoms with Crippen molar-refractivity contribution in [2.24, 2.45) is 0 Å². The molecule has 2 aliphatic heterocycles. The van der Waals surface area contributed by atoms with Crippen LogP contribution < -0.4 is 4.74 Å². The average molecular weight is 515 g/mol. The van der Waals surface area contributed by atoms with Crippen LogP contribution in [-0.2, 0) is 5.60 Å². The third kappa shape index (κ3) is 3.36. The summed E-state index contributed by atoms with van der Waals surface area (Å²) in [5, 5.41) is 10.2. The number of imidazole rings is 2. The minimum atomic E-state index is -2.94. The van der Waals surface area contributed by atoms with E-state index in [9.17, 15) is 13.9 Å². The number of nitrogens with zero attached hydrogens (tertiary/aromatic N) is 5. The van der Waals surface area contributed by atoms with Crippen LogP contribution in [0.1, 0.15) is 61.0 Å². The molecule has 0 unspecified atom stereocenters. The zero-order chi connectivity index (χ0) is 26.3. The zero-order valence-corrected chi connectivity index (χ0v) is 20.9. The molecule has 8 nitrogen and oxygen atoms in total. The minimum absolute atomic E-state index is 0.1000. The molecule has 0 radical (unpaired) electrons. The van der Waals surface area contributed by atoms with Gasteiger partial charge in [0.2, 0.25) is 0 Å². The van der Waals surface area contributed by atoms with E-state index in [0.717, 1.165) is 50.8 Å². The summed E-state index contributed by atoms with van der Waals surface area (Å²) in [6.07, 6.45) is 4.02. The minimum Gasteiger partial charge on any atom is -0.434 e. The maximum absolute atomic E-state index is 13.5. The number of aromatic amines is 1. The van der Waals surface area contributed by atoms with Gasteiger partial charge in [0, 0.05) is 29.1 Å². The lowest BCUT2D eigenvalue weighted by atomic mass is 9.97. The second-order valence-electron chi connectivity index (χ2n) is 10.4. The Balaban J connectivity index is 1.44. The van der Waals surface area contributed by atoms with Gasteiger partial charge in [-0.25, -0.2) is 19.9 Å². The molecule has 0 fully saturated rings. The second kappa shape index (κ2) is 7.91. The van der Waals surface area contributed by atoms with Crippen LogP contribution in [0.4, 0.5) is 8.78 Å². The number of alkyl halides is 2. The van der Waals surface area contributed by atoms with Crippen LogP contribution in [0, 0.1) is 6.92 Å². The lowest BCUT2D eigenvalue weighted by molar-refractivity contribution is -0.0506. The topological polar surface area (TPSA) is 102 Å². The van der Waals surface area contributed by atoms with Gasteiger partial charge >= 0.3 is 6.61 Å². The molecule has 7 rings (SSSR count). The van der Waals surface area contributed by atoms with Crippen molar-refractivity contribution in [3.63, 3.8) is 0 Å². The van der Waals surface area contributed by atoms with Crippen LogP contribution in [0.25, 0.3) is 33.4 Å². The molecule has 5 heterocycles. The number of ether oxygens (including phenoxy) is 1. The van der Waals surface area contributed by atoms with Crippen LogP contribution in [0.5, 0.6) is 5.75 Å². The molecule has 2 atom stereocenters. The van der Waals surface area contributed by atoms with Crippen molar-refractivity contribution in [2.75, 3.05) is 0 Å². The number of nitrogens with one attached hydrogen (secondary N) is 1. The highest BCUT2D eigenvalue weighted by atomic mass is 19.3. The molecule has 2 aliphatic rings. The van der Waals surface area contributed by atoms with Crippen molar-refractivity contribution in [2.45, 2.75) is 51.4 Å². The highest BCUT2D eigenvalue weighted by molar-refractivity contribution is 5.84. The van der Waals surface area contributed by atoms with Crippen molar-refractivity contribution in [3.05, 3.63) is 77.5 Å². The molecule has 0 saturated heterocycles. The first-order valence-electron chi connectivity index (χ1n) is 12.4. The van der Waals surface area contributed by atoms with Gasteiger partial charge in [-0.15, -0.1) is 0 Å². The van der Waals surface area contributed by atoms with Gasteiger partial charge in [0.05, 0.1) is 34.4 Å². The van der Waals surface area contributed by atoms with E-state index >= 15 is 0 Å². The lowest BCUT2D eigenvalue weighted by Gasteiger charge is -2.22. The van der Waals surface area contributed by atoms with Crippen LogP contribution in [0.15, 0.2) is 48.8 Å². The van der Waals surface area contributed by atoms with Crippen molar-refractivity contribution in [1.82, 2.24) is 29.5 Å². The zero-order valence-electron chi connectivity index (χ0n) is 20.9. The fraction of sp³-hybridized carbons (Fsp3) is 0.286. The first-order chi connectivity index (χ1) is 18.2. The number of hydrogen-bond donors (Lipinski definition) is 2. The molecule has 0 amide bonds. The van der Waals surface area contributed by atoms with Gasteiger partial charge in [-0.3, -0.25) is 0 Å². The van der Waals surface area contributed by atoms with Gasteiger partial charge in [0.1, 0.15) is 23.0 Å². The smallest absolute Gasteiger partial charge is 0.387 e. The Morgan fingerprint density at radius 1 is 1.11 bits per heavy atom.